The molecule has 43 heavy (non-hydrogen) atoms. The first-order chi connectivity index (χ1) is 20.6. The highest BCUT2D eigenvalue weighted by Gasteiger charge is 2.37. The molecule has 1 aliphatic heterocycles. The minimum atomic E-state index is -0.875. The van der Waals surface area contributed by atoms with Gasteiger partial charge in [0.1, 0.15) is 6.04 Å². The topological polar surface area (TPSA) is 110 Å². The Balaban J connectivity index is 1.46. The molecule has 0 fully saturated rings. The molecule has 1 aliphatic rings. The van der Waals surface area contributed by atoms with Crippen molar-refractivity contribution < 1.29 is 14.4 Å². The van der Waals surface area contributed by atoms with Gasteiger partial charge in [0.2, 0.25) is 11.8 Å². The van der Waals surface area contributed by atoms with E-state index in [-0.39, 0.29) is 23.7 Å². The van der Waals surface area contributed by atoms with Crippen LogP contribution in [0.2, 0.25) is 5.02 Å². The zero-order valence-electron chi connectivity index (χ0n) is 24.8. The first-order valence-electron chi connectivity index (χ1n) is 14.3. The molecule has 224 valence electrons. The number of urea groups is 1. The maximum atomic E-state index is 14.6. The summed E-state index contributed by atoms with van der Waals surface area (Å²) >= 11 is 6.37. The quantitative estimate of drug-likeness (QED) is 0.204. The van der Waals surface area contributed by atoms with Crippen LogP contribution in [0, 0.1) is 5.92 Å². The Kier molecular flexibility index (Phi) is 9.03. The number of benzene rings is 3. The molecule has 3 aromatic carbocycles. The van der Waals surface area contributed by atoms with Crippen molar-refractivity contribution >= 4 is 57.4 Å². The lowest BCUT2D eigenvalue weighted by Crippen LogP contribution is -2.54. The van der Waals surface area contributed by atoms with E-state index in [1.165, 1.54) is 6.92 Å². The Labute approximate surface area is 256 Å². The fourth-order valence-corrected chi connectivity index (χ4v) is 6.12. The second-order valence-electron chi connectivity index (χ2n) is 11.5. The van der Waals surface area contributed by atoms with Crippen LogP contribution >= 0.6 is 11.6 Å². The molecule has 1 aromatic heterocycles. The van der Waals surface area contributed by atoms with Gasteiger partial charge in [-0.2, -0.15) is 0 Å². The predicted molar refractivity (Wildman–Crippen MR) is 173 cm³/mol. The fraction of sp³-hybridized carbons (Fsp3) is 0.303. The van der Waals surface area contributed by atoms with Gasteiger partial charge < -0.3 is 30.7 Å². The molecule has 0 bridgehead atoms. The van der Waals surface area contributed by atoms with Gasteiger partial charge in [0.25, 0.3) is 0 Å². The number of amides is 4. The van der Waals surface area contributed by atoms with E-state index in [2.05, 4.69) is 25.8 Å². The number of rotatable bonds is 8. The summed E-state index contributed by atoms with van der Waals surface area (Å²) in [6.07, 6.45) is 2.72. The second kappa shape index (κ2) is 12.9. The Morgan fingerprint density at radius 3 is 2.42 bits per heavy atom. The van der Waals surface area contributed by atoms with E-state index in [0.29, 0.717) is 22.9 Å². The molecule has 0 aliphatic carbocycles. The highest BCUT2D eigenvalue weighted by Crippen LogP contribution is 2.35. The number of nitrogens with one attached hydrogen (secondary N) is 4. The first kappa shape index (κ1) is 30.1. The minimum Gasteiger partial charge on any atom is -0.361 e. The van der Waals surface area contributed by atoms with Crippen LogP contribution in [0.3, 0.4) is 0 Å². The Bertz CT molecular complexity index is 1630. The summed E-state index contributed by atoms with van der Waals surface area (Å²) in [5.74, 6) is -0.534. The Morgan fingerprint density at radius 1 is 1.02 bits per heavy atom. The number of carbonyl (C=O) groups is 3. The average Bonchev–Trinajstić information content (AvgIpc) is 3.39. The summed E-state index contributed by atoms with van der Waals surface area (Å²) in [5.41, 5.74) is 4.88. The predicted octanol–water partition coefficient (Wildman–Crippen LogP) is 5.84. The maximum absolute atomic E-state index is 14.6. The van der Waals surface area contributed by atoms with E-state index in [0.717, 1.165) is 40.7 Å². The normalized spacial score (nSPS) is 16.0. The van der Waals surface area contributed by atoms with E-state index in [4.69, 9.17) is 11.6 Å². The summed E-state index contributed by atoms with van der Waals surface area (Å²) < 4.78 is 0. The smallest absolute Gasteiger partial charge is 0.319 e. The van der Waals surface area contributed by atoms with Gasteiger partial charge in [-0.05, 0) is 86.1 Å². The highest BCUT2D eigenvalue weighted by atomic mass is 35.5. The Hall–Kier alpha value is -4.34. The third-order valence-corrected chi connectivity index (χ3v) is 8.03. The standard InChI is InChI=1S/C33H37ClN6O3/c1-20(28-17-35-29-8-6-5-7-27(28)29)31(38-33(43)37-26-12-10-25(11-13-26)36-21(2)41)32(42)40-19-22(18-39(3)4)15-23-16-24(34)9-14-30(23)40/h5-14,16-17,20,22,31,35H,15,18-19H2,1-4H3,(H,36,41)(H2,37,38,43)/t20?,22-,31?/m1/s1. The largest absolute Gasteiger partial charge is 0.361 e. The number of hydrogen-bond donors (Lipinski definition) is 4. The summed E-state index contributed by atoms with van der Waals surface area (Å²) in [7, 11) is 4.05. The molecular weight excluding hydrogens is 564 g/mol. The lowest BCUT2D eigenvalue weighted by molar-refractivity contribution is -0.121. The van der Waals surface area contributed by atoms with Gasteiger partial charge in [-0.15, -0.1) is 0 Å². The van der Waals surface area contributed by atoms with Crippen LogP contribution in [0.15, 0.2) is 72.9 Å². The van der Waals surface area contributed by atoms with Crippen molar-refractivity contribution in [2.75, 3.05) is 42.7 Å². The molecule has 4 aromatic rings. The van der Waals surface area contributed by atoms with Gasteiger partial charge >= 0.3 is 6.03 Å². The number of fused-ring (bicyclic) bond motifs is 2. The zero-order valence-corrected chi connectivity index (χ0v) is 25.5. The molecule has 4 N–H and O–H groups in total. The molecule has 0 saturated heterocycles. The molecular formula is C33H37ClN6O3. The molecule has 9 nitrogen and oxygen atoms in total. The number of H-pyrrole nitrogens is 1. The number of para-hydroxylation sites is 1. The molecule has 5 rings (SSSR count). The second-order valence-corrected chi connectivity index (χ2v) is 11.9. The molecule has 0 spiro atoms. The Morgan fingerprint density at radius 2 is 1.72 bits per heavy atom. The van der Waals surface area contributed by atoms with E-state index < -0.39 is 12.1 Å². The summed E-state index contributed by atoms with van der Waals surface area (Å²) in [5, 5.41) is 10.2. The third kappa shape index (κ3) is 7.01. The maximum Gasteiger partial charge on any atom is 0.319 e. The number of carbonyl (C=O) groups excluding carboxylic acids is 3. The van der Waals surface area contributed by atoms with Crippen LogP contribution in [-0.4, -0.2) is 61.0 Å². The monoisotopic (exact) mass is 600 g/mol. The van der Waals surface area contributed by atoms with E-state index >= 15 is 0 Å². The molecule has 2 heterocycles. The van der Waals surface area contributed by atoms with Crippen molar-refractivity contribution in [1.29, 1.82) is 0 Å². The van der Waals surface area contributed by atoms with Crippen molar-refractivity contribution in [3.05, 3.63) is 89.1 Å². The van der Waals surface area contributed by atoms with Gasteiger partial charge in [0, 0.05) is 65.1 Å². The van der Waals surface area contributed by atoms with Crippen LogP contribution in [0.25, 0.3) is 10.9 Å². The average molecular weight is 601 g/mol. The molecule has 4 amide bonds. The van der Waals surface area contributed by atoms with E-state index in [1.807, 2.05) is 68.5 Å². The van der Waals surface area contributed by atoms with Crippen molar-refractivity contribution in [1.82, 2.24) is 15.2 Å². The molecule has 10 heteroatoms. The van der Waals surface area contributed by atoms with Crippen LogP contribution in [0.5, 0.6) is 0 Å². The van der Waals surface area contributed by atoms with Crippen LogP contribution < -0.4 is 20.9 Å². The van der Waals surface area contributed by atoms with Crippen molar-refractivity contribution in [2.45, 2.75) is 32.2 Å². The molecule has 0 radical (unpaired) electrons. The number of anilines is 3. The third-order valence-electron chi connectivity index (χ3n) is 7.80. The highest BCUT2D eigenvalue weighted by molar-refractivity contribution is 6.30. The minimum absolute atomic E-state index is 0.180. The van der Waals surface area contributed by atoms with Gasteiger partial charge in [-0.3, -0.25) is 9.59 Å². The number of halogens is 1. The first-order valence-corrected chi connectivity index (χ1v) is 14.7. The van der Waals surface area contributed by atoms with Gasteiger partial charge in [-0.25, -0.2) is 4.79 Å². The van der Waals surface area contributed by atoms with Crippen LogP contribution in [0.4, 0.5) is 21.9 Å². The lowest BCUT2D eigenvalue weighted by atomic mass is 9.88. The van der Waals surface area contributed by atoms with E-state index in [9.17, 15) is 14.4 Å². The number of aromatic amines is 1. The van der Waals surface area contributed by atoms with Gasteiger partial charge in [0.05, 0.1) is 0 Å². The van der Waals surface area contributed by atoms with Crippen LogP contribution in [0.1, 0.15) is 30.9 Å². The van der Waals surface area contributed by atoms with Crippen molar-refractivity contribution in [3.8, 4) is 0 Å². The van der Waals surface area contributed by atoms with Crippen molar-refractivity contribution in [3.63, 3.8) is 0 Å². The lowest BCUT2D eigenvalue weighted by Gasteiger charge is -2.38. The molecule has 2 unspecified atom stereocenters. The number of hydrogen-bond acceptors (Lipinski definition) is 4. The van der Waals surface area contributed by atoms with Gasteiger partial charge in [-0.1, -0.05) is 36.7 Å². The molecule has 0 saturated carbocycles. The molecule has 3 atom stereocenters. The summed E-state index contributed by atoms with van der Waals surface area (Å²) in [6.45, 7) is 4.73. The number of aromatic nitrogens is 1. The zero-order chi connectivity index (χ0) is 30.7. The van der Waals surface area contributed by atoms with E-state index in [1.54, 1.807) is 30.3 Å². The van der Waals surface area contributed by atoms with Crippen molar-refractivity contribution in [2.24, 2.45) is 5.92 Å². The fourth-order valence-electron chi connectivity index (χ4n) is 5.93. The van der Waals surface area contributed by atoms with Crippen LogP contribution in [-0.2, 0) is 16.0 Å². The van der Waals surface area contributed by atoms with Gasteiger partial charge in [0.15, 0.2) is 0 Å². The summed E-state index contributed by atoms with van der Waals surface area (Å²) in [6, 6.07) is 19.0. The number of nitrogens with zero attached hydrogens (tertiary/aromatic N) is 2. The SMILES string of the molecule is CC(=O)Nc1ccc(NC(=O)NC(C(=O)N2C[C@@H](CN(C)C)Cc3cc(Cl)ccc32)C(C)c2c[nH]c3ccccc23)cc1. The summed E-state index contributed by atoms with van der Waals surface area (Å²) in [4.78, 5) is 46.6.